The van der Waals surface area contributed by atoms with Crippen molar-refractivity contribution in [2.24, 2.45) is 5.41 Å². The van der Waals surface area contributed by atoms with Crippen LogP contribution in [0.1, 0.15) is 45.6 Å². The van der Waals surface area contributed by atoms with Crippen LogP contribution >= 0.6 is 0 Å². The van der Waals surface area contributed by atoms with Crippen LogP contribution in [0.25, 0.3) is 0 Å². The normalized spacial score (nSPS) is 18.0. The van der Waals surface area contributed by atoms with E-state index in [0.717, 1.165) is 32.4 Å². The van der Waals surface area contributed by atoms with E-state index in [9.17, 15) is 8.78 Å². The van der Waals surface area contributed by atoms with E-state index in [4.69, 9.17) is 0 Å². The first-order chi connectivity index (χ1) is 9.93. The minimum Gasteiger partial charge on any atom is -0.366 e. The molecule has 0 unspecified atom stereocenters. The van der Waals surface area contributed by atoms with Crippen LogP contribution in [0.15, 0.2) is 12.1 Å². The van der Waals surface area contributed by atoms with E-state index >= 15 is 0 Å². The third-order valence-corrected chi connectivity index (χ3v) is 4.05. The minimum atomic E-state index is -0.444. The highest BCUT2D eigenvalue weighted by Crippen LogP contribution is 2.34. The Bertz CT molecular complexity index is 463. The van der Waals surface area contributed by atoms with Gasteiger partial charge >= 0.3 is 0 Å². The van der Waals surface area contributed by atoms with Crippen molar-refractivity contribution in [2.75, 3.05) is 24.5 Å². The second-order valence-electron chi connectivity index (χ2n) is 6.77. The number of benzene rings is 1. The number of hydrogen-bond acceptors (Lipinski definition) is 2. The first-order valence-electron chi connectivity index (χ1n) is 7.86. The summed E-state index contributed by atoms with van der Waals surface area (Å²) in [4.78, 5) is 1.86. The summed E-state index contributed by atoms with van der Waals surface area (Å²) in [5.74, 6) is -0.887. The number of anilines is 1. The third kappa shape index (κ3) is 4.16. The van der Waals surface area contributed by atoms with Gasteiger partial charge in [-0.25, -0.2) is 8.78 Å². The van der Waals surface area contributed by atoms with Gasteiger partial charge in [-0.3, -0.25) is 0 Å². The lowest BCUT2D eigenvalue weighted by Gasteiger charge is -2.39. The molecule has 1 fully saturated rings. The number of rotatable bonds is 5. The molecular weight excluding hydrogens is 270 g/mol. The summed E-state index contributed by atoms with van der Waals surface area (Å²) in [6, 6.07) is 2.92. The van der Waals surface area contributed by atoms with Gasteiger partial charge < -0.3 is 10.2 Å². The molecule has 0 bridgehead atoms. The standard InChI is InChI=1S/C17H26F2N2/c1-4-7-20-11-13-9-14(18)16(15(19)10-13)21-8-5-6-17(2,3)12-21/h9-10,20H,4-8,11-12H2,1-3H3. The second kappa shape index (κ2) is 6.73. The molecule has 0 amide bonds. The Hall–Kier alpha value is -1.16. The Morgan fingerprint density at radius 3 is 2.48 bits per heavy atom. The van der Waals surface area contributed by atoms with Crippen LogP contribution in [-0.4, -0.2) is 19.6 Å². The van der Waals surface area contributed by atoms with Gasteiger partial charge in [0.15, 0.2) is 0 Å². The fourth-order valence-electron chi connectivity index (χ4n) is 3.05. The van der Waals surface area contributed by atoms with Gasteiger partial charge in [-0.15, -0.1) is 0 Å². The molecule has 1 aromatic rings. The third-order valence-electron chi connectivity index (χ3n) is 4.05. The van der Waals surface area contributed by atoms with Crippen molar-refractivity contribution in [1.82, 2.24) is 5.32 Å². The zero-order valence-corrected chi connectivity index (χ0v) is 13.3. The number of halogens is 2. The van der Waals surface area contributed by atoms with E-state index in [1.165, 1.54) is 12.1 Å². The Labute approximate surface area is 126 Å². The zero-order valence-electron chi connectivity index (χ0n) is 13.3. The monoisotopic (exact) mass is 296 g/mol. The van der Waals surface area contributed by atoms with Gasteiger partial charge in [0.25, 0.3) is 0 Å². The predicted molar refractivity (Wildman–Crippen MR) is 83.6 cm³/mol. The molecule has 118 valence electrons. The summed E-state index contributed by atoms with van der Waals surface area (Å²) in [6.07, 6.45) is 3.09. The van der Waals surface area contributed by atoms with Crippen molar-refractivity contribution in [3.8, 4) is 0 Å². The SMILES string of the molecule is CCCNCc1cc(F)c(N2CCCC(C)(C)C2)c(F)c1. The molecule has 1 heterocycles. The topological polar surface area (TPSA) is 15.3 Å². The van der Waals surface area contributed by atoms with E-state index in [2.05, 4.69) is 26.1 Å². The summed E-state index contributed by atoms with van der Waals surface area (Å²) in [5, 5.41) is 3.17. The fourth-order valence-corrected chi connectivity index (χ4v) is 3.05. The molecule has 4 heteroatoms. The zero-order chi connectivity index (χ0) is 15.5. The Kier molecular flexibility index (Phi) is 5.20. The van der Waals surface area contributed by atoms with Crippen molar-refractivity contribution in [1.29, 1.82) is 0 Å². The number of nitrogens with zero attached hydrogens (tertiary/aromatic N) is 1. The van der Waals surface area contributed by atoms with Gasteiger partial charge in [-0.05, 0) is 48.9 Å². The summed E-state index contributed by atoms with van der Waals surface area (Å²) < 4.78 is 28.7. The number of piperidine rings is 1. The highest BCUT2D eigenvalue weighted by Gasteiger charge is 2.29. The average Bonchev–Trinajstić information content (AvgIpc) is 2.37. The van der Waals surface area contributed by atoms with Crippen molar-refractivity contribution in [3.63, 3.8) is 0 Å². The van der Waals surface area contributed by atoms with Crippen molar-refractivity contribution < 1.29 is 8.78 Å². The minimum absolute atomic E-state index is 0.110. The molecule has 1 saturated heterocycles. The quantitative estimate of drug-likeness (QED) is 0.823. The van der Waals surface area contributed by atoms with E-state index < -0.39 is 11.6 Å². The Balaban J connectivity index is 2.16. The van der Waals surface area contributed by atoms with Crippen LogP contribution in [0.4, 0.5) is 14.5 Å². The average molecular weight is 296 g/mol. The van der Waals surface area contributed by atoms with Gasteiger partial charge in [-0.2, -0.15) is 0 Å². The molecule has 2 rings (SSSR count). The maximum absolute atomic E-state index is 14.3. The van der Waals surface area contributed by atoms with Crippen LogP contribution in [0.2, 0.25) is 0 Å². The molecule has 0 radical (unpaired) electrons. The van der Waals surface area contributed by atoms with Gasteiger partial charge in [0.1, 0.15) is 17.3 Å². The van der Waals surface area contributed by atoms with E-state index in [-0.39, 0.29) is 11.1 Å². The molecule has 21 heavy (non-hydrogen) atoms. The van der Waals surface area contributed by atoms with Gasteiger partial charge in [0.2, 0.25) is 0 Å². The summed E-state index contributed by atoms with van der Waals surface area (Å²) in [5.41, 5.74) is 0.916. The largest absolute Gasteiger partial charge is 0.366 e. The van der Waals surface area contributed by atoms with Crippen molar-refractivity contribution in [3.05, 3.63) is 29.3 Å². The first-order valence-corrected chi connectivity index (χ1v) is 7.86. The molecule has 1 aliphatic rings. The molecule has 1 N–H and O–H groups in total. The van der Waals surface area contributed by atoms with E-state index in [1.54, 1.807) is 0 Å². The summed E-state index contributed by atoms with van der Waals surface area (Å²) in [7, 11) is 0. The van der Waals surface area contributed by atoms with Crippen molar-refractivity contribution >= 4 is 5.69 Å². The Morgan fingerprint density at radius 2 is 1.90 bits per heavy atom. The summed E-state index contributed by atoms with van der Waals surface area (Å²) in [6.45, 7) is 9.16. The van der Waals surface area contributed by atoms with Crippen LogP contribution < -0.4 is 10.2 Å². The lowest BCUT2D eigenvalue weighted by molar-refractivity contribution is 0.290. The molecule has 1 aromatic carbocycles. The van der Waals surface area contributed by atoms with Crippen LogP contribution in [0.3, 0.4) is 0 Å². The molecule has 0 aromatic heterocycles. The summed E-state index contributed by atoms with van der Waals surface area (Å²) >= 11 is 0. The lowest BCUT2D eigenvalue weighted by atomic mass is 9.84. The highest BCUT2D eigenvalue weighted by atomic mass is 19.1. The predicted octanol–water partition coefficient (Wildman–Crippen LogP) is 4.09. The second-order valence-corrected chi connectivity index (χ2v) is 6.77. The highest BCUT2D eigenvalue weighted by molar-refractivity contribution is 5.51. The van der Waals surface area contributed by atoms with Crippen LogP contribution in [0, 0.1) is 17.0 Å². The van der Waals surface area contributed by atoms with Gasteiger partial charge in [0, 0.05) is 19.6 Å². The number of hydrogen-bond donors (Lipinski definition) is 1. The van der Waals surface area contributed by atoms with Gasteiger partial charge in [-0.1, -0.05) is 20.8 Å². The van der Waals surface area contributed by atoms with E-state index in [1.807, 2.05) is 4.90 Å². The molecule has 0 saturated carbocycles. The molecule has 1 aliphatic heterocycles. The molecule has 0 spiro atoms. The van der Waals surface area contributed by atoms with Gasteiger partial charge in [0.05, 0.1) is 0 Å². The number of nitrogens with one attached hydrogen (secondary N) is 1. The molecule has 0 atom stereocenters. The van der Waals surface area contributed by atoms with Crippen LogP contribution in [-0.2, 0) is 6.54 Å². The van der Waals surface area contributed by atoms with E-state index in [0.29, 0.717) is 18.7 Å². The fraction of sp³-hybridized carbons (Fsp3) is 0.647. The lowest BCUT2D eigenvalue weighted by Crippen LogP contribution is -2.41. The molecule has 0 aliphatic carbocycles. The smallest absolute Gasteiger partial charge is 0.149 e. The Morgan fingerprint density at radius 1 is 1.24 bits per heavy atom. The van der Waals surface area contributed by atoms with Crippen molar-refractivity contribution in [2.45, 2.75) is 46.6 Å². The van der Waals surface area contributed by atoms with Crippen LogP contribution in [0.5, 0.6) is 0 Å². The molecular formula is C17H26F2N2. The molecule has 2 nitrogen and oxygen atoms in total. The maximum atomic E-state index is 14.3. The first kappa shape index (κ1) is 16.2. The maximum Gasteiger partial charge on any atom is 0.149 e.